The van der Waals surface area contributed by atoms with Crippen molar-refractivity contribution in [1.29, 1.82) is 0 Å². The summed E-state index contributed by atoms with van der Waals surface area (Å²) < 4.78 is 6.09. The highest BCUT2D eigenvalue weighted by atomic mass is 32.2. The molecule has 0 saturated heterocycles. The van der Waals surface area contributed by atoms with Crippen LogP contribution in [0.3, 0.4) is 0 Å². The minimum absolute atomic E-state index is 0.0493. The summed E-state index contributed by atoms with van der Waals surface area (Å²) in [7, 11) is 0. The van der Waals surface area contributed by atoms with Crippen LogP contribution in [0.2, 0.25) is 0 Å². The largest absolute Gasteiger partial charge is 0.369 e. The Kier molecular flexibility index (Phi) is 5.02. The summed E-state index contributed by atoms with van der Waals surface area (Å²) in [5, 5.41) is 3.31. The first-order valence-electron chi connectivity index (χ1n) is 7.73. The van der Waals surface area contributed by atoms with E-state index in [0.717, 1.165) is 40.0 Å². The van der Waals surface area contributed by atoms with Crippen LogP contribution in [0.15, 0.2) is 10.2 Å². The van der Waals surface area contributed by atoms with Gasteiger partial charge in [-0.3, -0.25) is 0 Å². The summed E-state index contributed by atoms with van der Waals surface area (Å²) in [4.78, 5) is 12.1. The van der Waals surface area contributed by atoms with Crippen LogP contribution in [0.4, 0.5) is 0 Å². The molecule has 0 amide bonds. The first-order chi connectivity index (χ1) is 10.6. The molecular weight excluding hydrogens is 332 g/mol. The number of thioether (sulfide) groups is 2. The number of thiophene rings is 1. The van der Waals surface area contributed by atoms with Gasteiger partial charge in [0.1, 0.15) is 9.86 Å². The van der Waals surface area contributed by atoms with E-state index in [-0.39, 0.29) is 5.60 Å². The van der Waals surface area contributed by atoms with Gasteiger partial charge in [0.25, 0.3) is 0 Å². The maximum atomic E-state index is 6.09. The second-order valence-corrected chi connectivity index (χ2v) is 8.76. The van der Waals surface area contributed by atoms with Gasteiger partial charge in [0.2, 0.25) is 0 Å². The molecule has 22 heavy (non-hydrogen) atoms. The van der Waals surface area contributed by atoms with Crippen LogP contribution in [0.5, 0.6) is 0 Å². The molecule has 3 heterocycles. The summed E-state index contributed by atoms with van der Waals surface area (Å²) in [6, 6.07) is 0. The molecule has 1 aliphatic rings. The van der Waals surface area contributed by atoms with Crippen molar-refractivity contribution in [3.63, 3.8) is 0 Å². The van der Waals surface area contributed by atoms with E-state index in [4.69, 9.17) is 14.7 Å². The van der Waals surface area contributed by atoms with Gasteiger partial charge in [-0.15, -0.1) is 23.1 Å². The lowest BCUT2D eigenvalue weighted by molar-refractivity contribution is -0.0543. The van der Waals surface area contributed by atoms with E-state index in [0.29, 0.717) is 6.61 Å². The predicted molar refractivity (Wildman–Crippen MR) is 97.4 cm³/mol. The van der Waals surface area contributed by atoms with E-state index in [2.05, 4.69) is 27.0 Å². The Morgan fingerprint density at radius 3 is 2.82 bits per heavy atom. The van der Waals surface area contributed by atoms with Crippen molar-refractivity contribution >= 4 is 45.1 Å². The van der Waals surface area contributed by atoms with Gasteiger partial charge in [0, 0.05) is 22.4 Å². The molecule has 1 aliphatic heterocycles. The number of aromatic nitrogens is 2. The summed E-state index contributed by atoms with van der Waals surface area (Å²) in [5.41, 5.74) is 1.37. The summed E-state index contributed by atoms with van der Waals surface area (Å²) in [6.07, 6.45) is 5.25. The van der Waals surface area contributed by atoms with E-state index >= 15 is 0 Å². The lowest BCUT2D eigenvalue weighted by Gasteiger charge is -2.33. The second kappa shape index (κ2) is 6.67. The van der Waals surface area contributed by atoms with Gasteiger partial charge >= 0.3 is 0 Å². The zero-order chi connectivity index (χ0) is 15.7. The topological polar surface area (TPSA) is 35.0 Å². The molecule has 2 aromatic heterocycles. The van der Waals surface area contributed by atoms with Gasteiger partial charge in [0.15, 0.2) is 5.16 Å². The minimum Gasteiger partial charge on any atom is -0.369 e. The fraction of sp³-hybridized carbons (Fsp3) is 0.625. The van der Waals surface area contributed by atoms with Crippen molar-refractivity contribution < 1.29 is 4.74 Å². The van der Waals surface area contributed by atoms with E-state index in [1.54, 1.807) is 34.9 Å². The fourth-order valence-electron chi connectivity index (χ4n) is 2.65. The molecule has 0 fully saturated rings. The molecular formula is C16H22N2OS3. The molecule has 3 nitrogen and oxygen atoms in total. The van der Waals surface area contributed by atoms with Gasteiger partial charge in [-0.05, 0) is 31.6 Å². The molecule has 1 atom stereocenters. The van der Waals surface area contributed by atoms with E-state index in [1.807, 2.05) is 0 Å². The van der Waals surface area contributed by atoms with Crippen LogP contribution in [-0.4, -0.2) is 27.6 Å². The Balaban J connectivity index is 2.09. The first-order valence-corrected chi connectivity index (χ1v) is 10.8. The SMILES string of the molecule is CCCSc1nc(SC)c2c3c(sc2n1)CO[C@](C)(CC)C3. The van der Waals surface area contributed by atoms with Crippen molar-refractivity contribution in [2.75, 3.05) is 12.0 Å². The Bertz CT molecular complexity index is 686. The van der Waals surface area contributed by atoms with Gasteiger partial charge in [0.05, 0.1) is 12.2 Å². The standard InChI is InChI=1S/C16H22N2OS3/c1-5-7-21-15-17-13(20-4)12-10-8-16(3,6-2)19-9-11(10)22-14(12)18-15/h5-9H2,1-4H3/t16-/m1/s1. The fourth-order valence-corrected chi connectivity index (χ4v) is 5.24. The zero-order valence-electron chi connectivity index (χ0n) is 13.6. The van der Waals surface area contributed by atoms with Crippen molar-refractivity contribution in [1.82, 2.24) is 9.97 Å². The highest BCUT2D eigenvalue weighted by molar-refractivity contribution is 7.99. The number of fused-ring (bicyclic) bond motifs is 3. The molecule has 0 spiro atoms. The van der Waals surface area contributed by atoms with Crippen LogP contribution in [0.1, 0.15) is 44.1 Å². The van der Waals surface area contributed by atoms with Crippen LogP contribution < -0.4 is 0 Å². The average Bonchev–Trinajstić information content (AvgIpc) is 2.89. The molecule has 0 saturated carbocycles. The summed E-state index contributed by atoms with van der Waals surface area (Å²) in [5.74, 6) is 1.07. The van der Waals surface area contributed by atoms with Crippen LogP contribution >= 0.6 is 34.9 Å². The Hall–Kier alpha value is -0.300. The van der Waals surface area contributed by atoms with Crippen molar-refractivity contribution in [2.45, 2.75) is 62.4 Å². The average molecular weight is 355 g/mol. The third-order valence-corrected chi connectivity index (χ3v) is 6.99. The molecule has 0 aliphatic carbocycles. The quantitative estimate of drug-likeness (QED) is 0.421. The molecule has 0 bridgehead atoms. The van der Waals surface area contributed by atoms with Crippen molar-refractivity contribution in [3.8, 4) is 0 Å². The monoisotopic (exact) mass is 354 g/mol. The van der Waals surface area contributed by atoms with Gasteiger partial charge in [-0.1, -0.05) is 25.6 Å². The highest BCUT2D eigenvalue weighted by Crippen LogP contribution is 2.42. The number of hydrogen-bond acceptors (Lipinski definition) is 6. The zero-order valence-corrected chi connectivity index (χ0v) is 16.0. The van der Waals surface area contributed by atoms with Crippen LogP contribution in [-0.2, 0) is 17.8 Å². The van der Waals surface area contributed by atoms with Gasteiger partial charge < -0.3 is 4.74 Å². The van der Waals surface area contributed by atoms with E-state index in [9.17, 15) is 0 Å². The molecule has 0 unspecified atom stereocenters. The number of nitrogens with zero attached hydrogens (tertiary/aromatic N) is 2. The van der Waals surface area contributed by atoms with E-state index in [1.165, 1.54) is 15.8 Å². The Morgan fingerprint density at radius 2 is 2.14 bits per heavy atom. The van der Waals surface area contributed by atoms with Crippen molar-refractivity contribution in [2.24, 2.45) is 0 Å². The lowest BCUT2D eigenvalue weighted by atomic mass is 9.90. The second-order valence-electron chi connectivity index (χ2n) is 5.82. The Labute approximate surface area is 144 Å². The van der Waals surface area contributed by atoms with Crippen LogP contribution in [0, 0.1) is 0 Å². The molecule has 3 rings (SSSR count). The smallest absolute Gasteiger partial charge is 0.190 e. The predicted octanol–water partition coefficient (Wildman–Crippen LogP) is 5.16. The molecule has 120 valence electrons. The third kappa shape index (κ3) is 3.03. The third-order valence-electron chi connectivity index (χ3n) is 4.16. The van der Waals surface area contributed by atoms with Crippen LogP contribution in [0.25, 0.3) is 10.2 Å². The number of rotatable bonds is 5. The maximum absolute atomic E-state index is 6.09. The Morgan fingerprint density at radius 1 is 1.32 bits per heavy atom. The molecule has 2 aromatic rings. The first kappa shape index (κ1) is 16.6. The van der Waals surface area contributed by atoms with Crippen molar-refractivity contribution in [3.05, 3.63) is 10.4 Å². The highest BCUT2D eigenvalue weighted by Gasteiger charge is 2.33. The molecule has 0 radical (unpaired) electrons. The van der Waals surface area contributed by atoms with Gasteiger partial charge in [-0.2, -0.15) is 0 Å². The minimum atomic E-state index is -0.0493. The number of hydrogen-bond donors (Lipinski definition) is 0. The molecule has 0 N–H and O–H groups in total. The van der Waals surface area contributed by atoms with E-state index < -0.39 is 0 Å². The lowest BCUT2D eigenvalue weighted by Crippen LogP contribution is -2.33. The summed E-state index contributed by atoms with van der Waals surface area (Å²) >= 11 is 5.27. The molecule has 6 heteroatoms. The normalized spacial score (nSPS) is 21.3. The van der Waals surface area contributed by atoms with Gasteiger partial charge in [-0.25, -0.2) is 9.97 Å². The molecule has 0 aromatic carbocycles. The maximum Gasteiger partial charge on any atom is 0.190 e. The summed E-state index contributed by atoms with van der Waals surface area (Å²) in [6.45, 7) is 7.31. The number of ether oxygens (including phenoxy) is 1.